The molecule has 9 nitrogen and oxygen atoms in total. The summed E-state index contributed by atoms with van der Waals surface area (Å²) in [5.41, 5.74) is 5.34. The molecule has 2 aliphatic heterocycles. The van der Waals surface area contributed by atoms with Crippen molar-refractivity contribution >= 4 is 51.4 Å². The highest BCUT2D eigenvalue weighted by Gasteiger charge is 2.32. The standard InChI is InChI=1S/C32H41ClN6O3S/c1-19(2)43(41)27-10-8-7-9-25(27)35-31-24(33)17-34-32(37-31)36-26-15-20(3)29(23-16-21(4)42-30(23)26)22-11-13-39(14-12-22)18-28(40)38(5)6/h7-10,15,17,19,21-22H,11-14,16,18H2,1-6H3,(H2,34,35,36,37). The molecule has 0 saturated carbocycles. The number of nitrogens with one attached hydrogen (secondary N) is 2. The molecule has 11 heteroatoms. The van der Waals surface area contributed by atoms with Crippen molar-refractivity contribution < 1.29 is 13.7 Å². The van der Waals surface area contributed by atoms with Gasteiger partial charge in [-0.1, -0.05) is 37.6 Å². The van der Waals surface area contributed by atoms with E-state index >= 15 is 0 Å². The Morgan fingerprint density at radius 1 is 1.19 bits per heavy atom. The Labute approximate surface area is 261 Å². The molecule has 0 radical (unpaired) electrons. The molecule has 0 spiro atoms. The zero-order chi connectivity index (χ0) is 30.8. The maximum absolute atomic E-state index is 12.9. The molecular weight excluding hydrogens is 584 g/mol. The molecule has 2 aliphatic rings. The van der Waals surface area contributed by atoms with E-state index in [0.717, 1.165) is 43.8 Å². The van der Waals surface area contributed by atoms with E-state index in [4.69, 9.17) is 16.3 Å². The van der Waals surface area contributed by atoms with Gasteiger partial charge in [-0.25, -0.2) is 4.98 Å². The second-order valence-corrected chi connectivity index (χ2v) is 14.3. The first-order valence-electron chi connectivity index (χ1n) is 14.8. The number of hydrogen-bond donors (Lipinski definition) is 2. The van der Waals surface area contributed by atoms with Crippen LogP contribution in [0.5, 0.6) is 5.75 Å². The molecule has 2 aromatic carbocycles. The molecule has 1 aromatic heterocycles. The van der Waals surface area contributed by atoms with Crippen LogP contribution in [0.25, 0.3) is 0 Å². The number of likely N-dealkylation sites (tertiary alicyclic amines) is 1. The van der Waals surface area contributed by atoms with Crippen molar-refractivity contribution in [2.45, 2.75) is 69.1 Å². The molecule has 3 heterocycles. The molecule has 0 aliphatic carbocycles. The molecule has 230 valence electrons. The lowest BCUT2D eigenvalue weighted by atomic mass is 9.82. The molecule has 3 aromatic rings. The van der Waals surface area contributed by atoms with E-state index in [0.29, 0.717) is 39.8 Å². The number of para-hydroxylation sites is 1. The summed E-state index contributed by atoms with van der Waals surface area (Å²) in [6, 6.07) is 9.61. The lowest BCUT2D eigenvalue weighted by Crippen LogP contribution is -2.40. The van der Waals surface area contributed by atoms with Gasteiger partial charge in [-0.05, 0) is 75.0 Å². The Morgan fingerprint density at radius 2 is 1.91 bits per heavy atom. The number of aryl methyl sites for hydroxylation is 1. The lowest BCUT2D eigenvalue weighted by molar-refractivity contribution is -0.130. The van der Waals surface area contributed by atoms with E-state index in [1.165, 1.54) is 16.7 Å². The van der Waals surface area contributed by atoms with Crippen molar-refractivity contribution in [3.8, 4) is 5.75 Å². The molecule has 5 rings (SSSR count). The third-order valence-corrected chi connectivity index (χ3v) is 9.99. The molecule has 0 bridgehead atoms. The van der Waals surface area contributed by atoms with E-state index in [1.807, 2.05) is 38.1 Å². The molecular formula is C32H41ClN6O3S. The summed E-state index contributed by atoms with van der Waals surface area (Å²) in [7, 11) is 2.43. The monoisotopic (exact) mass is 624 g/mol. The van der Waals surface area contributed by atoms with Crippen LogP contribution >= 0.6 is 11.6 Å². The number of fused-ring (bicyclic) bond motifs is 1. The van der Waals surface area contributed by atoms with E-state index in [2.05, 4.69) is 45.4 Å². The number of carbonyl (C=O) groups is 1. The van der Waals surface area contributed by atoms with Crippen LogP contribution in [-0.4, -0.2) is 75.0 Å². The predicted octanol–water partition coefficient (Wildman–Crippen LogP) is 6.03. The highest BCUT2D eigenvalue weighted by Crippen LogP contribution is 2.46. The predicted molar refractivity (Wildman–Crippen MR) is 174 cm³/mol. The van der Waals surface area contributed by atoms with Crippen LogP contribution in [-0.2, 0) is 22.0 Å². The van der Waals surface area contributed by atoms with Gasteiger partial charge in [-0.2, -0.15) is 4.98 Å². The SMILES string of the molecule is Cc1cc(Nc2ncc(Cl)c(Nc3ccccc3S(=O)C(C)C)n2)c2c(c1C1CCN(CC(=O)N(C)C)CC1)CC(C)O2. The summed E-state index contributed by atoms with van der Waals surface area (Å²) >= 11 is 6.50. The van der Waals surface area contributed by atoms with Gasteiger partial charge in [0.05, 0.1) is 39.8 Å². The van der Waals surface area contributed by atoms with Gasteiger partial charge >= 0.3 is 0 Å². The molecule has 1 fully saturated rings. The maximum atomic E-state index is 12.9. The Kier molecular flexibility index (Phi) is 9.58. The van der Waals surface area contributed by atoms with Gasteiger partial charge in [0.1, 0.15) is 16.9 Å². The van der Waals surface area contributed by atoms with Crippen LogP contribution in [0.15, 0.2) is 41.4 Å². The van der Waals surface area contributed by atoms with E-state index in [1.54, 1.807) is 25.2 Å². The largest absolute Gasteiger partial charge is 0.488 e. The highest BCUT2D eigenvalue weighted by atomic mass is 35.5. The van der Waals surface area contributed by atoms with Crippen LogP contribution in [0.4, 0.5) is 23.1 Å². The van der Waals surface area contributed by atoms with Gasteiger partial charge in [0.15, 0.2) is 5.82 Å². The Bertz CT molecular complexity index is 1520. The number of benzene rings is 2. The summed E-state index contributed by atoms with van der Waals surface area (Å²) in [5, 5.41) is 6.99. The summed E-state index contributed by atoms with van der Waals surface area (Å²) in [5.74, 6) is 2.22. The number of rotatable bonds is 9. The first kappa shape index (κ1) is 31.2. The molecule has 2 N–H and O–H groups in total. The van der Waals surface area contributed by atoms with E-state index < -0.39 is 10.8 Å². The maximum Gasteiger partial charge on any atom is 0.236 e. The minimum absolute atomic E-state index is 0.0310. The number of carbonyl (C=O) groups excluding carboxylic acids is 1. The smallest absolute Gasteiger partial charge is 0.236 e. The normalized spacial score (nSPS) is 17.8. The summed E-state index contributed by atoms with van der Waals surface area (Å²) in [6.45, 7) is 10.4. The number of hydrogen-bond acceptors (Lipinski definition) is 8. The molecule has 2 atom stereocenters. The topological polar surface area (TPSA) is 99.7 Å². The van der Waals surface area contributed by atoms with Crippen molar-refractivity contribution in [2.75, 3.05) is 44.4 Å². The zero-order valence-corrected chi connectivity index (χ0v) is 27.3. The first-order valence-corrected chi connectivity index (χ1v) is 16.4. The molecule has 1 saturated heterocycles. The number of aromatic nitrogens is 2. The number of ether oxygens (including phenoxy) is 1. The summed E-state index contributed by atoms with van der Waals surface area (Å²) in [4.78, 5) is 26.0. The number of amides is 1. The fourth-order valence-electron chi connectivity index (χ4n) is 5.89. The van der Waals surface area contributed by atoms with Crippen molar-refractivity contribution in [1.29, 1.82) is 0 Å². The van der Waals surface area contributed by atoms with Crippen molar-refractivity contribution in [2.24, 2.45) is 0 Å². The number of likely N-dealkylation sites (N-methyl/N-ethyl adjacent to an activating group) is 1. The van der Waals surface area contributed by atoms with Gasteiger partial charge < -0.3 is 20.3 Å². The fourth-order valence-corrected chi connectivity index (χ4v) is 7.08. The first-order chi connectivity index (χ1) is 20.5. The summed E-state index contributed by atoms with van der Waals surface area (Å²) < 4.78 is 19.3. The third kappa shape index (κ3) is 6.97. The van der Waals surface area contributed by atoms with Crippen LogP contribution < -0.4 is 15.4 Å². The Balaban J connectivity index is 1.38. The quantitative estimate of drug-likeness (QED) is 0.298. The Hall–Kier alpha value is -3.21. The van der Waals surface area contributed by atoms with Gasteiger partial charge in [-0.3, -0.25) is 13.9 Å². The second-order valence-electron chi connectivity index (χ2n) is 11.9. The molecule has 1 amide bonds. The lowest BCUT2D eigenvalue weighted by Gasteiger charge is -2.33. The second kappa shape index (κ2) is 13.2. The van der Waals surface area contributed by atoms with Gasteiger partial charge in [-0.15, -0.1) is 0 Å². The minimum atomic E-state index is -1.18. The van der Waals surface area contributed by atoms with Crippen molar-refractivity contribution in [1.82, 2.24) is 19.8 Å². The van der Waals surface area contributed by atoms with Gasteiger partial charge in [0, 0.05) is 31.3 Å². The average molecular weight is 625 g/mol. The van der Waals surface area contributed by atoms with Crippen LogP contribution in [0.1, 0.15) is 56.2 Å². The zero-order valence-electron chi connectivity index (χ0n) is 25.7. The van der Waals surface area contributed by atoms with E-state index in [9.17, 15) is 9.00 Å². The number of halogens is 1. The Morgan fingerprint density at radius 3 is 2.60 bits per heavy atom. The van der Waals surface area contributed by atoms with Gasteiger partial charge in [0.25, 0.3) is 0 Å². The van der Waals surface area contributed by atoms with E-state index in [-0.39, 0.29) is 17.3 Å². The van der Waals surface area contributed by atoms with Crippen LogP contribution in [0.2, 0.25) is 5.02 Å². The van der Waals surface area contributed by atoms with Crippen molar-refractivity contribution in [3.05, 3.63) is 58.2 Å². The average Bonchev–Trinajstić information content (AvgIpc) is 3.36. The minimum Gasteiger partial charge on any atom is -0.488 e. The third-order valence-electron chi connectivity index (χ3n) is 8.07. The molecule has 43 heavy (non-hydrogen) atoms. The van der Waals surface area contributed by atoms with Crippen LogP contribution in [0, 0.1) is 6.92 Å². The van der Waals surface area contributed by atoms with Gasteiger partial charge in [0.2, 0.25) is 11.9 Å². The molecule has 2 unspecified atom stereocenters. The summed E-state index contributed by atoms with van der Waals surface area (Å²) in [6.07, 6.45) is 4.48. The highest BCUT2D eigenvalue weighted by molar-refractivity contribution is 7.85. The number of anilines is 4. The fraction of sp³-hybridized carbons (Fsp3) is 0.469. The van der Waals surface area contributed by atoms with Crippen LogP contribution in [0.3, 0.4) is 0 Å². The number of nitrogens with zero attached hydrogens (tertiary/aromatic N) is 4. The number of piperidine rings is 1. The van der Waals surface area contributed by atoms with Crippen molar-refractivity contribution in [3.63, 3.8) is 0 Å².